The maximum absolute atomic E-state index is 4.21. The van der Waals surface area contributed by atoms with E-state index in [1.54, 1.807) is 0 Å². The van der Waals surface area contributed by atoms with Crippen LogP contribution in [0.1, 0.15) is 5.56 Å². The van der Waals surface area contributed by atoms with Crippen molar-refractivity contribution >= 4 is 60.4 Å². The van der Waals surface area contributed by atoms with E-state index >= 15 is 0 Å². The standard InChI is InChI=1S/C7H5Br3S/c8-4-1-6(9)5(3-11)7(10)2-4/h1-2,11H,3H2. The molecule has 0 saturated carbocycles. The topological polar surface area (TPSA) is 0 Å². The molecule has 0 heterocycles. The van der Waals surface area contributed by atoms with Gasteiger partial charge in [-0.25, -0.2) is 0 Å². The highest BCUT2D eigenvalue weighted by molar-refractivity contribution is 9.11. The number of benzene rings is 1. The van der Waals surface area contributed by atoms with Gasteiger partial charge in [0.1, 0.15) is 0 Å². The zero-order valence-corrected chi connectivity index (χ0v) is 11.1. The maximum atomic E-state index is 4.21. The molecule has 0 aliphatic rings. The molecule has 0 saturated heterocycles. The third-order valence-electron chi connectivity index (χ3n) is 1.26. The monoisotopic (exact) mass is 358 g/mol. The number of thiol groups is 1. The smallest absolute Gasteiger partial charge is 0.0238 e. The molecule has 0 aromatic heterocycles. The van der Waals surface area contributed by atoms with Crippen molar-refractivity contribution in [2.24, 2.45) is 0 Å². The molecule has 0 unspecified atom stereocenters. The van der Waals surface area contributed by atoms with Crippen LogP contribution in [-0.4, -0.2) is 0 Å². The number of halogens is 3. The van der Waals surface area contributed by atoms with E-state index in [1.165, 1.54) is 5.56 Å². The fourth-order valence-electron chi connectivity index (χ4n) is 0.723. The Kier molecular flexibility index (Phi) is 3.95. The van der Waals surface area contributed by atoms with Gasteiger partial charge in [0.15, 0.2) is 0 Å². The van der Waals surface area contributed by atoms with Gasteiger partial charge in [0.2, 0.25) is 0 Å². The summed E-state index contributed by atoms with van der Waals surface area (Å²) in [5.74, 6) is 0.731. The van der Waals surface area contributed by atoms with E-state index in [9.17, 15) is 0 Å². The van der Waals surface area contributed by atoms with E-state index in [1.807, 2.05) is 12.1 Å². The lowest BCUT2D eigenvalue weighted by molar-refractivity contribution is 1.34. The first-order valence-corrected chi connectivity index (χ1v) is 5.90. The highest BCUT2D eigenvalue weighted by Gasteiger charge is 2.03. The van der Waals surface area contributed by atoms with Gasteiger partial charge < -0.3 is 0 Å². The lowest BCUT2D eigenvalue weighted by atomic mass is 10.2. The number of hydrogen-bond donors (Lipinski definition) is 1. The second-order valence-electron chi connectivity index (χ2n) is 2.01. The molecule has 60 valence electrons. The zero-order valence-electron chi connectivity index (χ0n) is 5.44. The Morgan fingerprint density at radius 2 is 1.55 bits per heavy atom. The Labute approximate surface area is 96.6 Å². The first-order valence-electron chi connectivity index (χ1n) is 2.89. The molecule has 0 fully saturated rings. The minimum absolute atomic E-state index is 0.731. The summed E-state index contributed by atoms with van der Waals surface area (Å²) in [5, 5.41) is 0. The van der Waals surface area contributed by atoms with Crippen molar-refractivity contribution in [1.29, 1.82) is 0 Å². The van der Waals surface area contributed by atoms with Crippen molar-refractivity contribution < 1.29 is 0 Å². The van der Waals surface area contributed by atoms with Gasteiger partial charge in [0.25, 0.3) is 0 Å². The lowest BCUT2D eigenvalue weighted by Gasteiger charge is -2.04. The summed E-state index contributed by atoms with van der Waals surface area (Å²) in [6.07, 6.45) is 0. The molecule has 0 N–H and O–H groups in total. The fraction of sp³-hybridized carbons (Fsp3) is 0.143. The van der Waals surface area contributed by atoms with Crippen molar-refractivity contribution in [2.75, 3.05) is 0 Å². The third kappa shape index (κ3) is 2.47. The first kappa shape index (κ1) is 10.1. The summed E-state index contributed by atoms with van der Waals surface area (Å²) in [5.41, 5.74) is 1.18. The van der Waals surface area contributed by atoms with Gasteiger partial charge in [0.05, 0.1) is 0 Å². The van der Waals surface area contributed by atoms with Gasteiger partial charge in [-0.15, -0.1) is 0 Å². The minimum Gasteiger partial charge on any atom is -0.174 e. The van der Waals surface area contributed by atoms with Crippen LogP contribution in [0.15, 0.2) is 25.6 Å². The van der Waals surface area contributed by atoms with Crippen LogP contribution in [0.4, 0.5) is 0 Å². The summed E-state index contributed by atoms with van der Waals surface area (Å²) in [6.45, 7) is 0. The molecule has 0 nitrogen and oxygen atoms in total. The predicted octanol–water partition coefficient (Wildman–Crippen LogP) is 4.40. The summed E-state index contributed by atoms with van der Waals surface area (Å²) in [6, 6.07) is 4.02. The van der Waals surface area contributed by atoms with Crippen LogP contribution in [0, 0.1) is 0 Å². The van der Waals surface area contributed by atoms with Gasteiger partial charge in [-0.2, -0.15) is 12.6 Å². The Morgan fingerprint density at radius 1 is 1.09 bits per heavy atom. The molecule has 1 aromatic carbocycles. The minimum atomic E-state index is 0.731. The zero-order chi connectivity index (χ0) is 8.43. The highest BCUT2D eigenvalue weighted by Crippen LogP contribution is 2.30. The van der Waals surface area contributed by atoms with Crippen molar-refractivity contribution in [3.8, 4) is 0 Å². The molecule has 11 heavy (non-hydrogen) atoms. The average Bonchev–Trinajstić information content (AvgIpc) is 1.85. The molecule has 0 spiro atoms. The van der Waals surface area contributed by atoms with Gasteiger partial charge in [-0.1, -0.05) is 47.8 Å². The van der Waals surface area contributed by atoms with E-state index in [2.05, 4.69) is 60.4 Å². The molecule has 0 amide bonds. The fourth-order valence-corrected chi connectivity index (χ4v) is 4.04. The SMILES string of the molecule is SCc1c(Br)cc(Br)cc1Br. The Morgan fingerprint density at radius 3 is 1.91 bits per heavy atom. The van der Waals surface area contributed by atoms with Crippen molar-refractivity contribution in [3.63, 3.8) is 0 Å². The summed E-state index contributed by atoms with van der Waals surface area (Å²) in [4.78, 5) is 0. The second kappa shape index (κ2) is 4.30. The first-order chi connectivity index (χ1) is 5.15. The molecular formula is C7H5Br3S. The van der Waals surface area contributed by atoms with Crippen molar-refractivity contribution in [1.82, 2.24) is 0 Å². The van der Waals surface area contributed by atoms with E-state index in [0.717, 1.165) is 19.2 Å². The van der Waals surface area contributed by atoms with Crippen LogP contribution in [0.5, 0.6) is 0 Å². The summed E-state index contributed by atoms with van der Waals surface area (Å²) in [7, 11) is 0. The van der Waals surface area contributed by atoms with E-state index in [-0.39, 0.29) is 0 Å². The molecule has 0 atom stereocenters. The number of rotatable bonds is 1. The predicted molar refractivity (Wildman–Crippen MR) is 62.2 cm³/mol. The van der Waals surface area contributed by atoms with Gasteiger partial charge in [-0.3, -0.25) is 0 Å². The van der Waals surface area contributed by atoms with Gasteiger partial charge >= 0.3 is 0 Å². The van der Waals surface area contributed by atoms with E-state index in [4.69, 9.17) is 0 Å². The van der Waals surface area contributed by atoms with Gasteiger partial charge in [-0.05, 0) is 17.7 Å². The second-order valence-corrected chi connectivity index (χ2v) is 4.95. The molecule has 0 radical (unpaired) electrons. The van der Waals surface area contributed by atoms with E-state index < -0.39 is 0 Å². The molecule has 1 aromatic rings. The summed E-state index contributed by atoms with van der Waals surface area (Å²) >= 11 is 14.5. The maximum Gasteiger partial charge on any atom is 0.0238 e. The lowest BCUT2D eigenvalue weighted by Crippen LogP contribution is -1.82. The average molecular weight is 361 g/mol. The Hall–Kier alpha value is 1.01. The highest BCUT2D eigenvalue weighted by atomic mass is 79.9. The molecule has 0 bridgehead atoms. The van der Waals surface area contributed by atoms with Crippen LogP contribution in [0.25, 0.3) is 0 Å². The quantitative estimate of drug-likeness (QED) is 0.705. The Balaban J connectivity index is 3.25. The molecular weight excluding hydrogens is 356 g/mol. The van der Waals surface area contributed by atoms with Crippen molar-refractivity contribution in [3.05, 3.63) is 31.1 Å². The van der Waals surface area contributed by atoms with Crippen LogP contribution >= 0.6 is 60.4 Å². The molecule has 1 rings (SSSR count). The van der Waals surface area contributed by atoms with Crippen LogP contribution in [-0.2, 0) is 5.75 Å². The van der Waals surface area contributed by atoms with E-state index in [0.29, 0.717) is 0 Å². The van der Waals surface area contributed by atoms with Crippen LogP contribution in [0.2, 0.25) is 0 Å². The molecule has 0 aliphatic heterocycles. The van der Waals surface area contributed by atoms with Crippen LogP contribution < -0.4 is 0 Å². The number of hydrogen-bond acceptors (Lipinski definition) is 1. The van der Waals surface area contributed by atoms with Gasteiger partial charge in [0, 0.05) is 19.2 Å². The van der Waals surface area contributed by atoms with Crippen molar-refractivity contribution in [2.45, 2.75) is 5.75 Å². The third-order valence-corrected chi connectivity index (χ3v) is 3.45. The normalized spacial score (nSPS) is 10.2. The molecule has 0 aliphatic carbocycles. The Bertz CT molecular complexity index is 249. The molecule has 4 heteroatoms. The summed E-state index contributed by atoms with van der Waals surface area (Å²) < 4.78 is 3.21. The van der Waals surface area contributed by atoms with Crippen LogP contribution in [0.3, 0.4) is 0 Å². The largest absolute Gasteiger partial charge is 0.174 e.